The monoisotopic (exact) mass is 720 g/mol. The molecule has 0 radical (unpaired) electrons. The van der Waals surface area contributed by atoms with E-state index in [1.165, 1.54) is 0 Å². The van der Waals surface area contributed by atoms with E-state index in [-0.39, 0.29) is 0 Å². The smallest absolute Gasteiger partial charge is 0.373 e. The lowest BCUT2D eigenvalue weighted by Crippen LogP contribution is -2.61. The molecule has 0 unspecified atom stereocenters. The molecule has 0 amide bonds. The minimum Gasteiger partial charge on any atom is -0.373 e. The number of benzene rings is 2. The largest absolute Gasteiger partial charge is 0.537 e. The highest BCUT2D eigenvalue weighted by Gasteiger charge is 2.48. The Kier molecular flexibility index (Phi) is 20.2. The number of hydrogen-bond donors (Lipinski definition) is 0. The zero-order chi connectivity index (χ0) is 34.7. The fourth-order valence-electron chi connectivity index (χ4n) is 4.90. The Morgan fingerprint density at radius 1 is 0.348 bits per heavy atom. The number of rotatable bonds is 22. The maximum Gasteiger partial charge on any atom is 0.537 e. The molecule has 0 aliphatic rings. The molecular formula is C30H56O12Si4. The van der Waals surface area contributed by atoms with Crippen molar-refractivity contribution in [2.45, 2.75) is 41.5 Å². The molecule has 0 atom stereocenters. The van der Waals surface area contributed by atoms with Crippen molar-refractivity contribution in [3.05, 3.63) is 48.5 Å². The summed E-state index contributed by atoms with van der Waals surface area (Å²) < 4.78 is 69.1. The molecule has 264 valence electrons. The van der Waals surface area contributed by atoms with Crippen LogP contribution in [-0.4, -0.2) is 118 Å². The fourth-order valence-corrected chi connectivity index (χ4v) is 13.9. The molecule has 2 rings (SSSR count). The van der Waals surface area contributed by atoms with Crippen molar-refractivity contribution in [1.29, 1.82) is 0 Å². The van der Waals surface area contributed by atoms with Crippen molar-refractivity contribution in [2.75, 3.05) is 82.3 Å². The van der Waals surface area contributed by atoms with Crippen LogP contribution in [0.5, 0.6) is 0 Å². The van der Waals surface area contributed by atoms with Crippen molar-refractivity contribution in [2.24, 2.45) is 0 Å². The third kappa shape index (κ3) is 10.4. The topological polar surface area (TPSA) is 111 Å². The summed E-state index contributed by atoms with van der Waals surface area (Å²) in [5, 5.41) is 3.45. The molecule has 2 aromatic carbocycles. The van der Waals surface area contributed by atoms with Gasteiger partial charge in [0, 0.05) is 103 Å². The Labute approximate surface area is 280 Å². The van der Waals surface area contributed by atoms with Crippen molar-refractivity contribution in [1.82, 2.24) is 0 Å². The summed E-state index contributed by atoms with van der Waals surface area (Å²) in [7, 11) is -2.35. The lowest BCUT2D eigenvalue weighted by Gasteiger charge is -2.31. The first-order chi connectivity index (χ1) is 22.1. The maximum absolute atomic E-state index is 6.03. The normalized spacial score (nSPS) is 12.6. The van der Waals surface area contributed by atoms with Gasteiger partial charge in [-0.1, -0.05) is 36.4 Å². The summed E-state index contributed by atoms with van der Waals surface area (Å²) in [5.74, 6) is 0. The fraction of sp³-hybridized carbons (Fsp3) is 0.600. The molecule has 0 aromatic heterocycles. The highest BCUT2D eigenvalue weighted by atomic mass is 28.4. The van der Waals surface area contributed by atoms with Crippen LogP contribution in [0, 0.1) is 0 Å². The SMILES string of the molecule is CCO[Si](OCC)(OCC)c1cccc([Si](OCC)(OCC)OCC)c1.CO[Si](OC)(OC)c1cccc([Si](OC)(OC)OC)c1. The van der Waals surface area contributed by atoms with Crippen molar-refractivity contribution in [3.8, 4) is 0 Å². The Balaban J connectivity index is 0.000000476. The van der Waals surface area contributed by atoms with Crippen LogP contribution in [0.25, 0.3) is 0 Å². The molecule has 0 saturated heterocycles. The zero-order valence-electron chi connectivity index (χ0n) is 29.8. The predicted molar refractivity (Wildman–Crippen MR) is 186 cm³/mol. The molecule has 0 saturated carbocycles. The van der Waals surface area contributed by atoms with Crippen molar-refractivity contribution in [3.63, 3.8) is 0 Å². The second-order valence-electron chi connectivity index (χ2n) is 9.21. The van der Waals surface area contributed by atoms with E-state index in [2.05, 4.69) is 0 Å². The van der Waals surface area contributed by atoms with Crippen molar-refractivity contribution < 1.29 is 53.1 Å². The Morgan fingerprint density at radius 3 is 0.717 bits per heavy atom. The van der Waals surface area contributed by atoms with Crippen LogP contribution in [0.1, 0.15) is 41.5 Å². The quantitative estimate of drug-likeness (QED) is 0.166. The van der Waals surface area contributed by atoms with Gasteiger partial charge in [0.25, 0.3) is 0 Å². The van der Waals surface area contributed by atoms with E-state index in [9.17, 15) is 0 Å². The molecule has 0 bridgehead atoms. The van der Waals surface area contributed by atoms with Gasteiger partial charge in [-0.2, -0.15) is 0 Å². The van der Waals surface area contributed by atoms with Crippen LogP contribution in [0.4, 0.5) is 0 Å². The first kappa shape index (κ1) is 42.8. The summed E-state index contributed by atoms with van der Waals surface area (Å²) >= 11 is 0. The van der Waals surface area contributed by atoms with E-state index in [1.807, 2.05) is 90.1 Å². The van der Waals surface area contributed by atoms with Gasteiger partial charge >= 0.3 is 35.2 Å². The van der Waals surface area contributed by atoms with Gasteiger partial charge in [0.2, 0.25) is 0 Å². The zero-order valence-corrected chi connectivity index (χ0v) is 33.8. The number of hydrogen-bond acceptors (Lipinski definition) is 12. The molecule has 12 nitrogen and oxygen atoms in total. The highest BCUT2D eigenvalue weighted by molar-refractivity contribution is 6.79. The summed E-state index contributed by atoms with van der Waals surface area (Å²) in [6.45, 7) is 14.8. The first-order valence-corrected chi connectivity index (χ1v) is 22.4. The van der Waals surface area contributed by atoms with Crippen LogP contribution in [-0.2, 0) is 53.1 Å². The van der Waals surface area contributed by atoms with Gasteiger partial charge in [0.1, 0.15) is 0 Å². The van der Waals surface area contributed by atoms with E-state index >= 15 is 0 Å². The van der Waals surface area contributed by atoms with Crippen LogP contribution >= 0.6 is 0 Å². The third-order valence-electron chi connectivity index (χ3n) is 6.76. The average molecular weight is 721 g/mol. The summed E-state index contributed by atoms with van der Waals surface area (Å²) in [6, 6.07) is 15.5. The summed E-state index contributed by atoms with van der Waals surface area (Å²) in [5.41, 5.74) is 0. The van der Waals surface area contributed by atoms with Gasteiger partial charge in [-0.05, 0) is 53.7 Å². The van der Waals surface area contributed by atoms with Crippen LogP contribution in [0.15, 0.2) is 48.5 Å². The average Bonchev–Trinajstić information content (AvgIpc) is 3.08. The summed E-state index contributed by atoms with van der Waals surface area (Å²) in [4.78, 5) is 0. The minimum absolute atomic E-state index is 0.515. The molecule has 46 heavy (non-hydrogen) atoms. The van der Waals surface area contributed by atoms with Gasteiger partial charge in [-0.25, -0.2) is 0 Å². The van der Waals surface area contributed by atoms with Crippen LogP contribution < -0.4 is 20.7 Å². The molecule has 0 N–H and O–H groups in total. The van der Waals surface area contributed by atoms with Gasteiger partial charge < -0.3 is 53.1 Å². The second-order valence-corrected chi connectivity index (χ2v) is 20.1. The van der Waals surface area contributed by atoms with Gasteiger partial charge in [-0.3, -0.25) is 0 Å². The van der Waals surface area contributed by atoms with E-state index in [1.54, 1.807) is 42.7 Å². The molecular weight excluding hydrogens is 665 g/mol. The third-order valence-corrected chi connectivity index (χ3v) is 18.1. The molecule has 0 spiro atoms. The molecule has 16 heteroatoms. The Bertz CT molecular complexity index is 978. The van der Waals surface area contributed by atoms with Crippen LogP contribution in [0.3, 0.4) is 0 Å². The van der Waals surface area contributed by atoms with E-state index in [0.717, 1.165) is 20.7 Å². The molecule has 2 aromatic rings. The lowest BCUT2D eigenvalue weighted by molar-refractivity contribution is 0.0853. The standard InChI is InChI=1S/C18H34O6Si2.C12H22O6Si2/c1-7-19-25(20-8-2,21-9-3)17-14-13-15-18(16-17)26(22-10-4,23-11-5)24-12-6;1-13-19(14-2,15-3)11-8-7-9-12(10-11)20(16-4,17-5)18-6/h13-16H,7-12H2,1-6H3;7-10H,1-6H3. The highest BCUT2D eigenvalue weighted by Crippen LogP contribution is 2.15. The minimum atomic E-state index is -3.00. The molecule has 0 fully saturated rings. The van der Waals surface area contributed by atoms with Crippen molar-refractivity contribution >= 4 is 56.0 Å². The first-order valence-electron chi connectivity index (χ1n) is 15.5. The molecule has 0 heterocycles. The molecule has 0 aliphatic heterocycles. The van der Waals surface area contributed by atoms with E-state index in [0.29, 0.717) is 39.6 Å². The summed E-state index contributed by atoms with van der Waals surface area (Å²) in [6.07, 6.45) is 0. The molecule has 0 aliphatic carbocycles. The predicted octanol–water partition coefficient (Wildman–Crippen LogP) is 2.05. The van der Waals surface area contributed by atoms with Gasteiger partial charge in [-0.15, -0.1) is 0 Å². The maximum atomic E-state index is 6.03. The van der Waals surface area contributed by atoms with E-state index in [4.69, 9.17) is 53.1 Å². The Hall–Kier alpha value is -1.17. The second kappa shape index (κ2) is 21.7. The van der Waals surface area contributed by atoms with E-state index < -0.39 is 35.2 Å². The van der Waals surface area contributed by atoms with Crippen LogP contribution in [0.2, 0.25) is 0 Å². The lowest BCUT2D eigenvalue weighted by atomic mass is 10.4. The Morgan fingerprint density at radius 2 is 0.543 bits per heavy atom. The van der Waals surface area contributed by atoms with Gasteiger partial charge in [0.15, 0.2) is 0 Å². The van der Waals surface area contributed by atoms with Gasteiger partial charge in [0.05, 0.1) is 0 Å².